The van der Waals surface area contributed by atoms with E-state index >= 15 is 0 Å². The van der Waals surface area contributed by atoms with Gasteiger partial charge in [0, 0.05) is 5.02 Å². The fourth-order valence-electron chi connectivity index (χ4n) is 2.93. The van der Waals surface area contributed by atoms with Crippen molar-refractivity contribution in [3.8, 4) is 0 Å². The summed E-state index contributed by atoms with van der Waals surface area (Å²) < 4.78 is 0. The lowest BCUT2D eigenvalue weighted by Gasteiger charge is -2.18. The zero-order chi connectivity index (χ0) is 13.4. The van der Waals surface area contributed by atoms with Gasteiger partial charge in [-0.25, -0.2) is 0 Å². The van der Waals surface area contributed by atoms with Crippen LogP contribution in [0.15, 0.2) is 36.4 Å². The number of hydrogen-bond acceptors (Lipinski definition) is 0. The van der Waals surface area contributed by atoms with Gasteiger partial charge >= 0.3 is 0 Å². The van der Waals surface area contributed by atoms with Crippen LogP contribution in [0, 0.1) is 6.92 Å². The van der Waals surface area contributed by atoms with E-state index < -0.39 is 8.80 Å². The van der Waals surface area contributed by atoms with Gasteiger partial charge in [0.2, 0.25) is 0 Å². The molecule has 0 bridgehead atoms. The van der Waals surface area contributed by atoms with Crippen molar-refractivity contribution in [3.63, 3.8) is 0 Å². The van der Waals surface area contributed by atoms with Crippen LogP contribution < -0.4 is 10.4 Å². The summed E-state index contributed by atoms with van der Waals surface area (Å²) in [7, 11) is -1.15. The van der Waals surface area contributed by atoms with Gasteiger partial charge in [0.15, 0.2) is 0 Å². The molecule has 0 amide bonds. The van der Waals surface area contributed by atoms with E-state index in [0.717, 1.165) is 5.02 Å². The van der Waals surface area contributed by atoms with Gasteiger partial charge in [-0.3, -0.25) is 0 Å². The molecule has 2 aromatic carbocycles. The number of fused-ring (bicyclic) bond motifs is 2. The molecule has 1 atom stereocenters. The van der Waals surface area contributed by atoms with Crippen molar-refractivity contribution in [1.29, 1.82) is 0 Å². The molecule has 0 aliphatic carbocycles. The van der Waals surface area contributed by atoms with E-state index in [-0.39, 0.29) is 0 Å². The lowest BCUT2D eigenvalue weighted by molar-refractivity contribution is 1.42. The van der Waals surface area contributed by atoms with E-state index in [1.54, 1.807) is 5.19 Å². The highest BCUT2D eigenvalue weighted by atomic mass is 35.5. The average Bonchev–Trinajstić information content (AvgIpc) is 2.54. The van der Waals surface area contributed by atoms with E-state index in [1.807, 2.05) is 6.07 Å². The van der Waals surface area contributed by atoms with Gasteiger partial charge in [0.05, 0.1) is 0 Å². The van der Waals surface area contributed by atoms with Crippen molar-refractivity contribution >= 4 is 42.9 Å². The Morgan fingerprint density at radius 1 is 0.947 bits per heavy atom. The van der Waals surface area contributed by atoms with Crippen molar-refractivity contribution in [1.82, 2.24) is 0 Å². The minimum atomic E-state index is -1.15. The predicted molar refractivity (Wildman–Crippen MR) is 88.5 cm³/mol. The maximum absolute atomic E-state index is 6.21. The Kier molecular flexibility index (Phi) is 3.34. The van der Waals surface area contributed by atoms with E-state index in [1.165, 1.54) is 27.9 Å². The molecule has 3 rings (SSSR count). The zero-order valence-electron chi connectivity index (χ0n) is 11.3. The molecule has 1 heterocycles. The van der Waals surface area contributed by atoms with Crippen LogP contribution in [0.2, 0.25) is 11.1 Å². The summed E-state index contributed by atoms with van der Waals surface area (Å²) in [6.07, 6.45) is 4.49. The van der Waals surface area contributed by atoms with Gasteiger partial charge in [0.25, 0.3) is 0 Å². The molecular formula is C17H17ClSi. The number of benzene rings is 2. The Morgan fingerprint density at radius 2 is 1.58 bits per heavy atom. The fraction of sp³-hybridized carbons (Fsp3) is 0.176. The molecule has 1 aliphatic heterocycles. The monoisotopic (exact) mass is 284 g/mol. The lowest BCUT2D eigenvalue weighted by Crippen LogP contribution is -2.43. The van der Waals surface area contributed by atoms with Gasteiger partial charge in [-0.1, -0.05) is 71.7 Å². The van der Waals surface area contributed by atoms with Crippen LogP contribution in [0.4, 0.5) is 0 Å². The average molecular weight is 285 g/mol. The second kappa shape index (κ2) is 4.99. The Morgan fingerprint density at radius 3 is 2.26 bits per heavy atom. The van der Waals surface area contributed by atoms with Gasteiger partial charge < -0.3 is 0 Å². The summed E-state index contributed by atoms with van der Waals surface area (Å²) in [4.78, 5) is 0. The molecular weight excluding hydrogens is 268 g/mol. The van der Waals surface area contributed by atoms with Crippen molar-refractivity contribution in [2.75, 3.05) is 0 Å². The third-order valence-electron chi connectivity index (χ3n) is 3.89. The second-order valence-electron chi connectivity index (χ2n) is 5.20. The van der Waals surface area contributed by atoms with Gasteiger partial charge in [0.1, 0.15) is 8.80 Å². The third-order valence-corrected chi connectivity index (χ3v) is 7.45. The third kappa shape index (κ3) is 2.29. The molecule has 0 radical (unpaired) electrons. The number of halogens is 1. The van der Waals surface area contributed by atoms with Crippen LogP contribution in [0.5, 0.6) is 0 Å². The van der Waals surface area contributed by atoms with E-state index in [0.29, 0.717) is 0 Å². The molecule has 1 aliphatic rings. The number of aryl methyl sites for hydroxylation is 1. The van der Waals surface area contributed by atoms with Gasteiger partial charge in [-0.2, -0.15) is 0 Å². The van der Waals surface area contributed by atoms with E-state index in [9.17, 15) is 0 Å². The summed E-state index contributed by atoms with van der Waals surface area (Å²) >= 11 is 6.21. The summed E-state index contributed by atoms with van der Waals surface area (Å²) in [5.41, 5.74) is 4.08. The van der Waals surface area contributed by atoms with Crippen LogP contribution in [0.3, 0.4) is 0 Å². The molecule has 0 fully saturated rings. The SMILES string of the molecule is CC[SiH]1c2cc(C)ccc2C=Cc2ccc(Cl)cc21. The first-order valence-electron chi connectivity index (χ1n) is 6.77. The minimum absolute atomic E-state index is 0.856. The Labute approximate surface area is 121 Å². The smallest absolute Gasteiger partial charge is 0.0843 e. The van der Waals surface area contributed by atoms with Crippen LogP contribution in [0.1, 0.15) is 23.6 Å². The summed E-state index contributed by atoms with van der Waals surface area (Å²) in [6, 6.07) is 14.4. The maximum Gasteiger partial charge on any atom is 0.104 e. The topological polar surface area (TPSA) is 0 Å². The first kappa shape index (κ1) is 12.7. The Balaban J connectivity index is 2.26. The molecule has 19 heavy (non-hydrogen) atoms. The van der Waals surface area contributed by atoms with Crippen LogP contribution >= 0.6 is 11.6 Å². The van der Waals surface area contributed by atoms with Crippen LogP contribution in [0.25, 0.3) is 12.2 Å². The molecule has 0 nitrogen and oxygen atoms in total. The molecule has 1 unspecified atom stereocenters. The number of hydrogen-bond donors (Lipinski definition) is 0. The van der Waals surface area contributed by atoms with Gasteiger partial charge in [-0.05, 0) is 35.4 Å². The normalized spacial score (nSPS) is 16.7. The lowest BCUT2D eigenvalue weighted by atomic mass is 10.1. The molecule has 0 saturated heterocycles. The number of rotatable bonds is 1. The molecule has 96 valence electrons. The van der Waals surface area contributed by atoms with Gasteiger partial charge in [-0.15, -0.1) is 0 Å². The van der Waals surface area contributed by atoms with E-state index in [4.69, 9.17) is 11.6 Å². The van der Waals surface area contributed by atoms with Crippen LogP contribution in [-0.2, 0) is 0 Å². The van der Waals surface area contributed by atoms with E-state index in [2.05, 4.69) is 56.3 Å². The summed E-state index contributed by atoms with van der Waals surface area (Å²) in [6.45, 7) is 4.48. The van der Waals surface area contributed by atoms with Crippen molar-refractivity contribution in [2.45, 2.75) is 19.9 Å². The molecule has 0 N–H and O–H groups in total. The highest BCUT2D eigenvalue weighted by Gasteiger charge is 2.21. The highest BCUT2D eigenvalue weighted by Crippen LogP contribution is 2.17. The zero-order valence-corrected chi connectivity index (χ0v) is 13.2. The van der Waals surface area contributed by atoms with Crippen LogP contribution in [-0.4, -0.2) is 8.80 Å². The Bertz CT molecular complexity index is 603. The molecule has 0 aromatic heterocycles. The largest absolute Gasteiger partial charge is 0.104 e. The predicted octanol–water partition coefficient (Wildman–Crippen LogP) is 3.49. The first-order chi connectivity index (χ1) is 9.19. The fourth-order valence-corrected chi connectivity index (χ4v) is 6.47. The molecule has 2 aromatic rings. The van der Waals surface area contributed by atoms with Crippen molar-refractivity contribution in [2.24, 2.45) is 0 Å². The van der Waals surface area contributed by atoms with Crippen molar-refractivity contribution < 1.29 is 0 Å². The molecule has 0 saturated carbocycles. The quantitative estimate of drug-likeness (QED) is 0.703. The maximum atomic E-state index is 6.21. The summed E-state index contributed by atoms with van der Waals surface area (Å²) in [5.74, 6) is 0. The Hall–Kier alpha value is -1.31. The minimum Gasteiger partial charge on any atom is -0.0843 e. The second-order valence-corrected chi connectivity index (χ2v) is 8.80. The summed E-state index contributed by atoms with van der Waals surface area (Å²) in [5, 5.41) is 3.89. The first-order valence-corrected chi connectivity index (χ1v) is 9.12. The molecule has 0 spiro atoms. The highest BCUT2D eigenvalue weighted by molar-refractivity contribution is 6.86. The van der Waals surface area contributed by atoms with Crippen molar-refractivity contribution in [3.05, 3.63) is 58.1 Å². The standard InChI is InChI=1S/C17H17ClSi/c1-3-19-16-10-12(2)4-5-13(16)6-7-14-8-9-15(18)11-17(14)19/h4-11,19H,3H2,1-2H3. The molecule has 2 heteroatoms.